The maximum Gasteiger partial charge on any atom is 0.337 e. The summed E-state index contributed by atoms with van der Waals surface area (Å²) in [6, 6.07) is 4.83. The van der Waals surface area contributed by atoms with Gasteiger partial charge in [-0.25, -0.2) is 9.48 Å². The smallest absolute Gasteiger partial charge is 0.337 e. The highest BCUT2D eigenvalue weighted by atomic mass is 16.4. The van der Waals surface area contributed by atoms with E-state index < -0.39 is 5.97 Å². The molecule has 3 N–H and O–H groups in total. The largest absolute Gasteiger partial charge is 0.478 e. The van der Waals surface area contributed by atoms with Gasteiger partial charge in [-0.05, 0) is 38.5 Å². The van der Waals surface area contributed by atoms with Crippen molar-refractivity contribution in [2.45, 2.75) is 20.8 Å². The van der Waals surface area contributed by atoms with Crippen LogP contribution < -0.4 is 5.73 Å². The number of rotatable bonds is 2. The molecule has 5 heteroatoms. The molecule has 2 aromatic rings. The Morgan fingerprint density at radius 3 is 2.50 bits per heavy atom. The van der Waals surface area contributed by atoms with Gasteiger partial charge in [0.25, 0.3) is 0 Å². The van der Waals surface area contributed by atoms with E-state index in [1.54, 1.807) is 16.8 Å². The molecule has 0 bridgehead atoms. The molecule has 0 saturated carbocycles. The Morgan fingerprint density at radius 2 is 2.00 bits per heavy atom. The molecule has 0 atom stereocenters. The van der Waals surface area contributed by atoms with Gasteiger partial charge < -0.3 is 10.8 Å². The van der Waals surface area contributed by atoms with Crippen molar-refractivity contribution in [2.24, 2.45) is 0 Å². The first kappa shape index (κ1) is 12.2. The van der Waals surface area contributed by atoms with Crippen molar-refractivity contribution < 1.29 is 9.90 Å². The highest BCUT2D eigenvalue weighted by Crippen LogP contribution is 2.25. The van der Waals surface area contributed by atoms with Gasteiger partial charge in [0.05, 0.1) is 16.9 Å². The number of para-hydroxylation sites is 1. The number of aryl methyl sites for hydroxylation is 1. The normalized spacial score (nSPS) is 10.6. The van der Waals surface area contributed by atoms with E-state index in [0.717, 1.165) is 17.0 Å². The van der Waals surface area contributed by atoms with Crippen LogP contribution in [0.4, 0.5) is 5.69 Å². The summed E-state index contributed by atoms with van der Waals surface area (Å²) in [5.74, 6) is -1.01. The predicted molar refractivity (Wildman–Crippen MR) is 69.1 cm³/mol. The Kier molecular flexibility index (Phi) is 2.82. The van der Waals surface area contributed by atoms with Crippen LogP contribution in [-0.4, -0.2) is 20.9 Å². The lowest BCUT2D eigenvalue weighted by Gasteiger charge is -2.11. The van der Waals surface area contributed by atoms with Crippen LogP contribution in [0.25, 0.3) is 5.69 Å². The van der Waals surface area contributed by atoms with Gasteiger partial charge in [0, 0.05) is 5.69 Å². The zero-order valence-electron chi connectivity index (χ0n) is 10.6. The molecule has 0 amide bonds. The first-order valence-corrected chi connectivity index (χ1v) is 5.58. The second-order valence-corrected chi connectivity index (χ2v) is 4.26. The van der Waals surface area contributed by atoms with Gasteiger partial charge in [-0.2, -0.15) is 5.10 Å². The number of nitrogens with two attached hydrogens (primary N) is 1. The Bertz CT molecular complexity index is 629. The quantitative estimate of drug-likeness (QED) is 0.794. The Hall–Kier alpha value is -2.30. The fourth-order valence-corrected chi connectivity index (χ4v) is 1.91. The lowest BCUT2D eigenvalue weighted by molar-refractivity contribution is 0.0697. The summed E-state index contributed by atoms with van der Waals surface area (Å²) in [6.45, 7) is 5.74. The number of benzene rings is 1. The average Bonchev–Trinajstić information content (AvgIpc) is 2.56. The van der Waals surface area contributed by atoms with Crippen molar-refractivity contribution in [2.75, 3.05) is 5.73 Å². The monoisotopic (exact) mass is 245 g/mol. The molecule has 0 aliphatic carbocycles. The van der Waals surface area contributed by atoms with Crippen LogP contribution in [0.2, 0.25) is 0 Å². The van der Waals surface area contributed by atoms with Gasteiger partial charge in [0.15, 0.2) is 0 Å². The third-order valence-corrected chi connectivity index (χ3v) is 3.16. The average molecular weight is 245 g/mol. The van der Waals surface area contributed by atoms with Gasteiger partial charge in [-0.1, -0.05) is 6.07 Å². The molecule has 0 fully saturated rings. The molecular weight excluding hydrogens is 230 g/mol. The van der Waals surface area contributed by atoms with Crippen molar-refractivity contribution in [3.63, 3.8) is 0 Å². The molecule has 0 saturated heterocycles. The second kappa shape index (κ2) is 4.18. The number of nitrogen functional groups attached to an aromatic ring is 1. The predicted octanol–water partition coefficient (Wildman–Crippen LogP) is 2.08. The van der Waals surface area contributed by atoms with E-state index in [0.29, 0.717) is 11.4 Å². The van der Waals surface area contributed by atoms with Crippen LogP contribution in [0, 0.1) is 20.8 Å². The van der Waals surface area contributed by atoms with E-state index in [-0.39, 0.29) is 5.56 Å². The zero-order chi connectivity index (χ0) is 13.4. The SMILES string of the molecule is Cc1nn(-c2c(N)cccc2C(=O)O)c(C)c1C. The van der Waals surface area contributed by atoms with Crippen LogP contribution in [0.1, 0.15) is 27.3 Å². The standard InChI is InChI=1S/C13H15N3O2/c1-7-8(2)15-16(9(7)3)12-10(13(17)18)5-4-6-11(12)14/h4-6H,14H2,1-3H3,(H,17,18). The minimum atomic E-state index is -1.01. The summed E-state index contributed by atoms with van der Waals surface area (Å²) in [6.07, 6.45) is 0. The molecule has 1 aromatic heterocycles. The molecule has 0 aliphatic heterocycles. The van der Waals surface area contributed by atoms with Crippen molar-refractivity contribution in [1.82, 2.24) is 9.78 Å². The van der Waals surface area contributed by atoms with Crippen LogP contribution >= 0.6 is 0 Å². The Balaban J connectivity index is 2.78. The number of anilines is 1. The molecule has 0 spiro atoms. The van der Waals surface area contributed by atoms with E-state index in [1.807, 2.05) is 20.8 Å². The number of hydrogen-bond acceptors (Lipinski definition) is 3. The fourth-order valence-electron chi connectivity index (χ4n) is 1.91. The first-order valence-electron chi connectivity index (χ1n) is 5.58. The van der Waals surface area contributed by atoms with Gasteiger partial charge in [-0.3, -0.25) is 0 Å². The zero-order valence-corrected chi connectivity index (χ0v) is 10.6. The summed E-state index contributed by atoms with van der Waals surface area (Å²) in [5.41, 5.74) is 9.68. The van der Waals surface area contributed by atoms with Crippen molar-refractivity contribution in [3.8, 4) is 5.69 Å². The van der Waals surface area contributed by atoms with E-state index >= 15 is 0 Å². The number of hydrogen-bond donors (Lipinski definition) is 2. The minimum absolute atomic E-state index is 0.153. The first-order chi connectivity index (χ1) is 8.43. The molecule has 5 nitrogen and oxygen atoms in total. The van der Waals surface area contributed by atoms with E-state index in [2.05, 4.69) is 5.10 Å². The maximum atomic E-state index is 11.3. The molecule has 1 aromatic carbocycles. The van der Waals surface area contributed by atoms with E-state index in [4.69, 9.17) is 5.73 Å². The van der Waals surface area contributed by atoms with Crippen LogP contribution in [0.3, 0.4) is 0 Å². The van der Waals surface area contributed by atoms with Gasteiger partial charge in [-0.15, -0.1) is 0 Å². The summed E-state index contributed by atoms with van der Waals surface area (Å²) in [5, 5.41) is 13.6. The second-order valence-electron chi connectivity index (χ2n) is 4.26. The number of carbonyl (C=O) groups is 1. The number of carboxylic acid groups (broad SMARTS) is 1. The molecule has 94 valence electrons. The van der Waals surface area contributed by atoms with E-state index in [9.17, 15) is 9.90 Å². The molecular formula is C13H15N3O2. The van der Waals surface area contributed by atoms with Crippen molar-refractivity contribution in [3.05, 3.63) is 40.7 Å². The Labute approximate surface area is 105 Å². The maximum absolute atomic E-state index is 11.3. The summed E-state index contributed by atoms with van der Waals surface area (Å²) in [4.78, 5) is 11.3. The molecule has 0 unspecified atom stereocenters. The summed E-state index contributed by atoms with van der Waals surface area (Å²) >= 11 is 0. The summed E-state index contributed by atoms with van der Waals surface area (Å²) < 4.78 is 1.60. The van der Waals surface area contributed by atoms with Crippen molar-refractivity contribution in [1.29, 1.82) is 0 Å². The fraction of sp³-hybridized carbons (Fsp3) is 0.231. The van der Waals surface area contributed by atoms with Gasteiger partial charge >= 0.3 is 5.97 Å². The number of aromatic carboxylic acids is 1. The molecule has 18 heavy (non-hydrogen) atoms. The lowest BCUT2D eigenvalue weighted by Crippen LogP contribution is -2.11. The third-order valence-electron chi connectivity index (χ3n) is 3.16. The highest BCUT2D eigenvalue weighted by Gasteiger charge is 2.18. The van der Waals surface area contributed by atoms with Crippen LogP contribution in [0.5, 0.6) is 0 Å². The third kappa shape index (κ3) is 1.73. The molecule has 1 heterocycles. The van der Waals surface area contributed by atoms with Crippen LogP contribution in [-0.2, 0) is 0 Å². The summed E-state index contributed by atoms with van der Waals surface area (Å²) in [7, 11) is 0. The topological polar surface area (TPSA) is 81.1 Å². The van der Waals surface area contributed by atoms with Gasteiger partial charge in [0.1, 0.15) is 5.69 Å². The molecule has 2 rings (SSSR count). The molecule has 0 aliphatic rings. The highest BCUT2D eigenvalue weighted by molar-refractivity contribution is 5.94. The number of carboxylic acids is 1. The Morgan fingerprint density at radius 1 is 1.33 bits per heavy atom. The molecule has 0 radical (unpaired) electrons. The number of nitrogens with zero attached hydrogens (tertiary/aromatic N) is 2. The van der Waals surface area contributed by atoms with Gasteiger partial charge in [0.2, 0.25) is 0 Å². The van der Waals surface area contributed by atoms with Crippen molar-refractivity contribution >= 4 is 11.7 Å². The number of aromatic nitrogens is 2. The minimum Gasteiger partial charge on any atom is -0.478 e. The van der Waals surface area contributed by atoms with Crippen LogP contribution in [0.15, 0.2) is 18.2 Å². The van der Waals surface area contributed by atoms with E-state index in [1.165, 1.54) is 6.07 Å². The lowest BCUT2D eigenvalue weighted by atomic mass is 10.1.